The van der Waals surface area contributed by atoms with Crippen LogP contribution in [0.1, 0.15) is 16.7 Å². The second-order valence-electron chi connectivity index (χ2n) is 5.10. The Bertz CT molecular complexity index is 643. The van der Waals surface area contributed by atoms with Crippen LogP contribution in [-0.4, -0.2) is 13.2 Å². The van der Waals surface area contributed by atoms with Gasteiger partial charge in [0.05, 0.1) is 13.2 Å². The molecule has 4 heteroatoms. The lowest BCUT2D eigenvalue weighted by Gasteiger charge is -2.11. The number of hydrogen-bond acceptors (Lipinski definition) is 3. The number of nitrogens with two attached hydrogens (primary N) is 1. The molecule has 2 N–H and O–H groups in total. The van der Waals surface area contributed by atoms with Crippen molar-refractivity contribution in [3.05, 3.63) is 57.6 Å². The zero-order valence-corrected chi connectivity index (χ0v) is 13.4. The molecule has 0 bridgehead atoms. The maximum Gasteiger partial charge on any atom is 0.123 e. The highest BCUT2D eigenvalue weighted by Crippen LogP contribution is 2.26. The molecule has 0 radical (unpaired) electrons. The first-order valence-corrected chi connectivity index (χ1v) is 7.91. The predicted octanol–water partition coefficient (Wildman–Crippen LogP) is 3.46. The van der Waals surface area contributed by atoms with E-state index in [1.807, 2.05) is 18.2 Å². The standard InChI is InChI=1S/C17H18BrNO2/c18-15-2-4-17(14(10-15)11-19)20-7-5-12-1-3-16-13(9-12)6-8-21-16/h1-4,9-10H,5-8,11,19H2. The van der Waals surface area contributed by atoms with Gasteiger partial charge in [-0.1, -0.05) is 28.1 Å². The summed E-state index contributed by atoms with van der Waals surface area (Å²) in [5.41, 5.74) is 9.36. The average Bonchev–Trinajstić information content (AvgIpc) is 2.96. The van der Waals surface area contributed by atoms with Gasteiger partial charge in [-0.25, -0.2) is 0 Å². The first kappa shape index (κ1) is 14.4. The summed E-state index contributed by atoms with van der Waals surface area (Å²) in [6.45, 7) is 1.92. The molecule has 1 heterocycles. The maximum absolute atomic E-state index is 5.87. The van der Waals surface area contributed by atoms with Gasteiger partial charge in [-0.05, 0) is 35.4 Å². The Hall–Kier alpha value is -1.52. The Morgan fingerprint density at radius 1 is 1.19 bits per heavy atom. The molecule has 0 atom stereocenters. The van der Waals surface area contributed by atoms with Crippen molar-refractivity contribution in [2.45, 2.75) is 19.4 Å². The summed E-state index contributed by atoms with van der Waals surface area (Å²) in [6, 6.07) is 12.3. The van der Waals surface area contributed by atoms with Crippen molar-refractivity contribution in [1.29, 1.82) is 0 Å². The lowest BCUT2D eigenvalue weighted by molar-refractivity contribution is 0.318. The minimum atomic E-state index is 0.477. The minimum absolute atomic E-state index is 0.477. The van der Waals surface area contributed by atoms with Crippen LogP contribution in [0.3, 0.4) is 0 Å². The highest BCUT2D eigenvalue weighted by atomic mass is 79.9. The van der Waals surface area contributed by atoms with E-state index in [0.717, 1.165) is 41.0 Å². The molecular weight excluding hydrogens is 330 g/mol. The quantitative estimate of drug-likeness (QED) is 0.900. The minimum Gasteiger partial charge on any atom is -0.493 e. The highest BCUT2D eigenvalue weighted by Gasteiger charge is 2.12. The molecule has 1 aliphatic heterocycles. The van der Waals surface area contributed by atoms with Gasteiger partial charge in [-0.2, -0.15) is 0 Å². The molecule has 0 saturated carbocycles. The Morgan fingerprint density at radius 2 is 2.10 bits per heavy atom. The van der Waals surface area contributed by atoms with Crippen LogP contribution in [0, 0.1) is 0 Å². The van der Waals surface area contributed by atoms with Gasteiger partial charge in [0.1, 0.15) is 11.5 Å². The van der Waals surface area contributed by atoms with E-state index in [9.17, 15) is 0 Å². The number of halogens is 1. The van der Waals surface area contributed by atoms with Crippen LogP contribution in [0.5, 0.6) is 11.5 Å². The van der Waals surface area contributed by atoms with Crippen LogP contribution in [-0.2, 0) is 19.4 Å². The summed E-state index contributed by atoms with van der Waals surface area (Å²) in [6.07, 6.45) is 1.89. The molecule has 0 saturated heterocycles. The van der Waals surface area contributed by atoms with Gasteiger partial charge in [0.25, 0.3) is 0 Å². The smallest absolute Gasteiger partial charge is 0.123 e. The number of benzene rings is 2. The van der Waals surface area contributed by atoms with Gasteiger partial charge >= 0.3 is 0 Å². The predicted molar refractivity (Wildman–Crippen MR) is 86.9 cm³/mol. The van der Waals surface area contributed by atoms with Gasteiger partial charge in [0, 0.05) is 29.4 Å². The van der Waals surface area contributed by atoms with Crippen LogP contribution in [0.25, 0.3) is 0 Å². The fraction of sp³-hybridized carbons (Fsp3) is 0.294. The van der Waals surface area contributed by atoms with Crippen molar-refractivity contribution in [3.63, 3.8) is 0 Å². The molecule has 0 fully saturated rings. The van der Waals surface area contributed by atoms with Crippen molar-refractivity contribution in [2.75, 3.05) is 13.2 Å². The maximum atomic E-state index is 5.87. The number of fused-ring (bicyclic) bond motifs is 1. The summed E-state index contributed by atoms with van der Waals surface area (Å²) >= 11 is 3.45. The van der Waals surface area contributed by atoms with Crippen LogP contribution in [0.2, 0.25) is 0 Å². The molecule has 2 aromatic rings. The third-order valence-corrected chi connectivity index (χ3v) is 4.14. The third kappa shape index (κ3) is 3.39. The van der Waals surface area contributed by atoms with E-state index in [4.69, 9.17) is 15.2 Å². The lowest BCUT2D eigenvalue weighted by atomic mass is 10.1. The molecule has 2 aromatic carbocycles. The molecule has 110 valence electrons. The molecule has 1 aliphatic rings. The van der Waals surface area contributed by atoms with Crippen LogP contribution >= 0.6 is 15.9 Å². The second-order valence-corrected chi connectivity index (χ2v) is 6.01. The van der Waals surface area contributed by atoms with Crippen molar-refractivity contribution in [1.82, 2.24) is 0 Å². The van der Waals surface area contributed by atoms with Crippen molar-refractivity contribution in [2.24, 2.45) is 5.73 Å². The molecule has 3 nitrogen and oxygen atoms in total. The number of hydrogen-bond donors (Lipinski definition) is 1. The monoisotopic (exact) mass is 347 g/mol. The van der Waals surface area contributed by atoms with E-state index in [2.05, 4.69) is 34.1 Å². The Balaban J connectivity index is 1.61. The fourth-order valence-corrected chi connectivity index (χ4v) is 2.93. The molecule has 0 aromatic heterocycles. The van der Waals surface area contributed by atoms with Crippen LogP contribution in [0.4, 0.5) is 0 Å². The normalized spacial score (nSPS) is 12.9. The van der Waals surface area contributed by atoms with E-state index in [1.165, 1.54) is 11.1 Å². The van der Waals surface area contributed by atoms with E-state index in [0.29, 0.717) is 13.2 Å². The van der Waals surface area contributed by atoms with E-state index >= 15 is 0 Å². The zero-order valence-electron chi connectivity index (χ0n) is 11.8. The topological polar surface area (TPSA) is 44.5 Å². The molecule has 0 spiro atoms. The summed E-state index contributed by atoms with van der Waals surface area (Å²) in [7, 11) is 0. The largest absolute Gasteiger partial charge is 0.493 e. The SMILES string of the molecule is NCc1cc(Br)ccc1OCCc1ccc2c(c1)CCO2. The van der Waals surface area contributed by atoms with Crippen molar-refractivity contribution >= 4 is 15.9 Å². The average molecular weight is 348 g/mol. The molecular formula is C17H18BrNO2. The summed E-state index contributed by atoms with van der Waals surface area (Å²) in [5.74, 6) is 1.89. The summed E-state index contributed by atoms with van der Waals surface area (Å²) in [5, 5.41) is 0. The molecule has 0 amide bonds. The van der Waals surface area contributed by atoms with Gasteiger partial charge in [0.15, 0.2) is 0 Å². The number of rotatable bonds is 5. The van der Waals surface area contributed by atoms with E-state index in [1.54, 1.807) is 0 Å². The molecule has 0 aliphatic carbocycles. The fourth-order valence-electron chi connectivity index (χ4n) is 2.52. The van der Waals surface area contributed by atoms with Gasteiger partial charge < -0.3 is 15.2 Å². The Kier molecular flexibility index (Phi) is 4.46. The first-order valence-electron chi connectivity index (χ1n) is 7.12. The lowest BCUT2D eigenvalue weighted by Crippen LogP contribution is -2.06. The van der Waals surface area contributed by atoms with Gasteiger partial charge in [-0.15, -0.1) is 0 Å². The third-order valence-electron chi connectivity index (χ3n) is 3.64. The van der Waals surface area contributed by atoms with Gasteiger partial charge in [-0.3, -0.25) is 0 Å². The van der Waals surface area contributed by atoms with E-state index < -0.39 is 0 Å². The van der Waals surface area contributed by atoms with E-state index in [-0.39, 0.29) is 0 Å². The molecule has 0 unspecified atom stereocenters. The van der Waals surface area contributed by atoms with Gasteiger partial charge in [0.2, 0.25) is 0 Å². The first-order chi connectivity index (χ1) is 10.3. The number of ether oxygens (including phenoxy) is 2. The Morgan fingerprint density at radius 3 is 2.95 bits per heavy atom. The summed E-state index contributed by atoms with van der Waals surface area (Å²) in [4.78, 5) is 0. The van der Waals surface area contributed by atoms with Crippen LogP contribution < -0.4 is 15.2 Å². The summed E-state index contributed by atoms with van der Waals surface area (Å²) < 4.78 is 12.4. The molecule has 21 heavy (non-hydrogen) atoms. The van der Waals surface area contributed by atoms with Crippen molar-refractivity contribution in [3.8, 4) is 11.5 Å². The second kappa shape index (κ2) is 6.50. The van der Waals surface area contributed by atoms with Crippen LogP contribution in [0.15, 0.2) is 40.9 Å². The zero-order chi connectivity index (χ0) is 14.7. The van der Waals surface area contributed by atoms with Crippen molar-refractivity contribution < 1.29 is 9.47 Å². The Labute approximate surface area is 133 Å². The molecule has 3 rings (SSSR count). The highest BCUT2D eigenvalue weighted by molar-refractivity contribution is 9.10.